The molecular formula is C21H29N2O3+. The van der Waals surface area contributed by atoms with Crippen LogP contribution in [0.15, 0.2) is 45.6 Å². The van der Waals surface area contributed by atoms with Crippen LogP contribution in [0, 0.1) is 13.8 Å². The summed E-state index contributed by atoms with van der Waals surface area (Å²) in [5, 5.41) is 2.94. The van der Waals surface area contributed by atoms with E-state index in [1.807, 2.05) is 6.07 Å². The Bertz CT molecular complexity index is 755. The van der Waals surface area contributed by atoms with Crippen molar-refractivity contribution in [3.8, 4) is 0 Å². The largest absolute Gasteiger partial charge is 0.427 e. The van der Waals surface area contributed by atoms with Gasteiger partial charge in [0.2, 0.25) is 0 Å². The number of benzene rings is 1. The third-order valence-electron chi connectivity index (χ3n) is 4.61. The van der Waals surface area contributed by atoms with Crippen molar-refractivity contribution in [1.29, 1.82) is 0 Å². The zero-order valence-corrected chi connectivity index (χ0v) is 16.1. The third kappa shape index (κ3) is 5.56. The molecule has 1 heterocycles. The van der Waals surface area contributed by atoms with Gasteiger partial charge in [-0.05, 0) is 33.3 Å². The van der Waals surface area contributed by atoms with E-state index in [4.69, 9.17) is 4.42 Å². The van der Waals surface area contributed by atoms with E-state index in [0.29, 0.717) is 29.5 Å². The van der Waals surface area contributed by atoms with Crippen LogP contribution in [0.5, 0.6) is 0 Å². The first-order valence-corrected chi connectivity index (χ1v) is 9.16. The van der Waals surface area contributed by atoms with Crippen LogP contribution in [0.2, 0.25) is 0 Å². The molecular weight excluding hydrogens is 328 g/mol. The highest BCUT2D eigenvalue weighted by atomic mass is 16.4. The minimum absolute atomic E-state index is 0.182. The maximum absolute atomic E-state index is 12.4. The van der Waals surface area contributed by atoms with Crippen molar-refractivity contribution in [3.63, 3.8) is 0 Å². The SMILES string of the molecule is Cc1cc(=O)oc(C)c1C(=O)NCCC[NH+](Cc1ccccc1)C(C)C. The van der Waals surface area contributed by atoms with E-state index in [9.17, 15) is 9.59 Å². The molecule has 1 aromatic carbocycles. The maximum atomic E-state index is 12.4. The molecule has 140 valence electrons. The monoisotopic (exact) mass is 357 g/mol. The first-order valence-electron chi connectivity index (χ1n) is 9.16. The summed E-state index contributed by atoms with van der Waals surface area (Å²) in [4.78, 5) is 25.2. The third-order valence-corrected chi connectivity index (χ3v) is 4.61. The minimum Gasteiger partial charge on any atom is -0.427 e. The molecule has 2 N–H and O–H groups in total. The van der Waals surface area contributed by atoms with Crippen LogP contribution in [0.3, 0.4) is 0 Å². The number of amides is 1. The normalized spacial score (nSPS) is 12.2. The summed E-state index contributed by atoms with van der Waals surface area (Å²) in [6.07, 6.45) is 0.890. The molecule has 2 aromatic rings. The van der Waals surface area contributed by atoms with Gasteiger partial charge >= 0.3 is 5.63 Å². The number of aryl methyl sites for hydroxylation is 2. The number of carbonyl (C=O) groups excluding carboxylic acids is 1. The molecule has 0 radical (unpaired) electrons. The second kappa shape index (κ2) is 9.34. The maximum Gasteiger partial charge on any atom is 0.336 e. The predicted molar refractivity (Wildman–Crippen MR) is 103 cm³/mol. The summed E-state index contributed by atoms with van der Waals surface area (Å²) >= 11 is 0. The van der Waals surface area contributed by atoms with Crippen LogP contribution in [-0.4, -0.2) is 25.0 Å². The van der Waals surface area contributed by atoms with E-state index in [-0.39, 0.29) is 5.91 Å². The molecule has 5 heteroatoms. The average molecular weight is 357 g/mol. The van der Waals surface area contributed by atoms with Gasteiger partial charge in [-0.2, -0.15) is 0 Å². The number of quaternary nitrogens is 1. The van der Waals surface area contributed by atoms with Crippen molar-refractivity contribution < 1.29 is 14.1 Å². The number of hydrogen-bond donors (Lipinski definition) is 2. The van der Waals surface area contributed by atoms with Gasteiger partial charge in [-0.3, -0.25) is 4.79 Å². The van der Waals surface area contributed by atoms with Gasteiger partial charge in [-0.15, -0.1) is 0 Å². The Morgan fingerprint density at radius 1 is 1.19 bits per heavy atom. The number of rotatable bonds is 8. The number of hydrogen-bond acceptors (Lipinski definition) is 3. The second-order valence-corrected chi connectivity index (χ2v) is 7.01. The van der Waals surface area contributed by atoms with Gasteiger partial charge in [-0.25, -0.2) is 4.79 Å². The number of nitrogens with one attached hydrogen (secondary N) is 2. The lowest BCUT2D eigenvalue weighted by molar-refractivity contribution is -0.935. The van der Waals surface area contributed by atoms with E-state index in [1.165, 1.54) is 16.5 Å². The topological polar surface area (TPSA) is 63.8 Å². The molecule has 0 saturated heterocycles. The van der Waals surface area contributed by atoms with Gasteiger partial charge in [0, 0.05) is 24.6 Å². The summed E-state index contributed by atoms with van der Waals surface area (Å²) < 4.78 is 5.03. The summed E-state index contributed by atoms with van der Waals surface area (Å²) in [6.45, 7) is 10.4. The first-order chi connectivity index (χ1) is 12.4. The van der Waals surface area contributed by atoms with Crippen molar-refractivity contribution >= 4 is 5.91 Å². The molecule has 0 fully saturated rings. The van der Waals surface area contributed by atoms with Crippen LogP contribution < -0.4 is 15.8 Å². The zero-order chi connectivity index (χ0) is 19.1. The molecule has 5 nitrogen and oxygen atoms in total. The minimum atomic E-state index is -0.423. The van der Waals surface area contributed by atoms with Crippen LogP contribution in [0.4, 0.5) is 0 Å². The lowest BCUT2D eigenvalue weighted by Gasteiger charge is -2.23. The molecule has 1 amide bonds. The predicted octanol–water partition coefficient (Wildman–Crippen LogP) is 1.87. The highest BCUT2D eigenvalue weighted by Crippen LogP contribution is 2.10. The van der Waals surface area contributed by atoms with Gasteiger partial charge in [0.05, 0.1) is 18.2 Å². The standard InChI is InChI=1S/C21H28N2O3/c1-15(2)23(14-18-9-6-5-7-10-18)12-8-11-22-21(25)20-16(3)13-19(24)26-17(20)4/h5-7,9-10,13,15H,8,11-12,14H2,1-4H3,(H,22,25)/p+1. The smallest absolute Gasteiger partial charge is 0.336 e. The van der Waals surface area contributed by atoms with Gasteiger partial charge in [-0.1, -0.05) is 30.3 Å². The first kappa shape index (κ1) is 19.9. The van der Waals surface area contributed by atoms with E-state index < -0.39 is 5.63 Å². The Hall–Kier alpha value is -2.40. The number of carbonyl (C=O) groups is 1. The fraction of sp³-hybridized carbons (Fsp3) is 0.429. The molecule has 0 saturated carbocycles. The second-order valence-electron chi connectivity index (χ2n) is 7.01. The van der Waals surface area contributed by atoms with Crippen LogP contribution in [0.25, 0.3) is 0 Å². The van der Waals surface area contributed by atoms with Gasteiger partial charge in [0.15, 0.2) is 0 Å². The summed E-state index contributed by atoms with van der Waals surface area (Å²) in [5.74, 6) is 0.184. The molecule has 0 aliphatic rings. The fourth-order valence-corrected chi connectivity index (χ4v) is 3.14. The summed E-state index contributed by atoms with van der Waals surface area (Å²) in [5.41, 5.74) is 2.01. The Balaban J connectivity index is 1.86. The summed E-state index contributed by atoms with van der Waals surface area (Å²) in [7, 11) is 0. The van der Waals surface area contributed by atoms with Crippen molar-refractivity contribution in [1.82, 2.24) is 5.32 Å². The van der Waals surface area contributed by atoms with Gasteiger partial charge < -0.3 is 14.6 Å². The summed E-state index contributed by atoms with van der Waals surface area (Å²) in [6, 6.07) is 12.3. The lowest BCUT2D eigenvalue weighted by Crippen LogP contribution is -3.13. The van der Waals surface area contributed by atoms with Crippen molar-refractivity contribution in [2.75, 3.05) is 13.1 Å². The van der Waals surface area contributed by atoms with Crippen LogP contribution >= 0.6 is 0 Å². The van der Waals surface area contributed by atoms with Crippen molar-refractivity contribution in [3.05, 3.63) is 69.3 Å². The molecule has 1 unspecified atom stereocenters. The highest BCUT2D eigenvalue weighted by molar-refractivity contribution is 5.96. The lowest BCUT2D eigenvalue weighted by atomic mass is 10.1. The van der Waals surface area contributed by atoms with E-state index in [1.54, 1.807) is 13.8 Å². The Morgan fingerprint density at radius 2 is 1.88 bits per heavy atom. The molecule has 0 aliphatic carbocycles. The van der Waals surface area contributed by atoms with E-state index >= 15 is 0 Å². The molecule has 1 aromatic heterocycles. The van der Waals surface area contributed by atoms with Crippen LogP contribution in [-0.2, 0) is 6.54 Å². The van der Waals surface area contributed by atoms with Gasteiger partial charge in [0.25, 0.3) is 5.91 Å². The molecule has 26 heavy (non-hydrogen) atoms. The fourth-order valence-electron chi connectivity index (χ4n) is 3.14. The zero-order valence-electron chi connectivity index (χ0n) is 16.1. The van der Waals surface area contributed by atoms with Crippen molar-refractivity contribution in [2.24, 2.45) is 0 Å². The van der Waals surface area contributed by atoms with Crippen molar-refractivity contribution in [2.45, 2.75) is 46.7 Å². The average Bonchev–Trinajstić information content (AvgIpc) is 2.57. The molecule has 0 spiro atoms. The Kier molecular flexibility index (Phi) is 7.16. The van der Waals surface area contributed by atoms with E-state index in [2.05, 4.69) is 43.4 Å². The Labute approximate surface area is 155 Å². The molecule has 0 aliphatic heterocycles. The molecule has 2 rings (SSSR count). The molecule has 0 bridgehead atoms. The van der Waals surface area contributed by atoms with Crippen LogP contribution in [0.1, 0.15) is 47.5 Å². The van der Waals surface area contributed by atoms with E-state index in [0.717, 1.165) is 19.5 Å². The highest BCUT2D eigenvalue weighted by Gasteiger charge is 2.16. The van der Waals surface area contributed by atoms with Gasteiger partial charge in [0.1, 0.15) is 12.3 Å². The molecule has 1 atom stereocenters. The quantitative estimate of drug-likeness (QED) is 0.709. The Morgan fingerprint density at radius 3 is 2.50 bits per heavy atom.